The summed E-state index contributed by atoms with van der Waals surface area (Å²) in [5, 5.41) is 7.67. The smallest absolute Gasteiger partial charge is 0.416 e. The summed E-state index contributed by atoms with van der Waals surface area (Å²) in [6, 6.07) is 13.0. The van der Waals surface area contributed by atoms with Crippen molar-refractivity contribution in [2.75, 3.05) is 18.8 Å². The van der Waals surface area contributed by atoms with Crippen molar-refractivity contribution in [1.29, 1.82) is 0 Å². The fourth-order valence-corrected chi connectivity index (χ4v) is 5.03. The van der Waals surface area contributed by atoms with E-state index >= 15 is 4.39 Å². The molecule has 0 unspecified atom stereocenters. The molecule has 2 heterocycles. The third-order valence-corrected chi connectivity index (χ3v) is 7.91. The number of carbonyl (C=O) groups excluding carboxylic acids is 1. The van der Waals surface area contributed by atoms with E-state index in [0.717, 1.165) is 16.3 Å². The number of hydrogen-bond acceptors (Lipinski definition) is 7. The van der Waals surface area contributed by atoms with Crippen LogP contribution in [0.5, 0.6) is 17.4 Å². The molecule has 1 aromatic heterocycles. The van der Waals surface area contributed by atoms with E-state index in [0.29, 0.717) is 30.2 Å². The second-order valence-corrected chi connectivity index (χ2v) is 10.7. The quantitative estimate of drug-likeness (QED) is 0.508. The van der Waals surface area contributed by atoms with Crippen LogP contribution in [0.4, 0.5) is 14.9 Å². The van der Waals surface area contributed by atoms with Crippen LogP contribution in [0.15, 0.2) is 54.7 Å². The van der Waals surface area contributed by atoms with E-state index in [-0.39, 0.29) is 17.8 Å². The van der Waals surface area contributed by atoms with Gasteiger partial charge in [-0.05, 0) is 43.5 Å². The molecule has 0 bridgehead atoms. The second-order valence-electron chi connectivity index (χ2n) is 8.83. The van der Waals surface area contributed by atoms with Gasteiger partial charge in [0, 0.05) is 43.6 Å². The standard InChI is InChI=1S/C24H24FN5O5S/c1-29(2)36(32,33)28-19-7-3-6-16(22(19)25)15-30-23(31)35-20-14-17(34-21-8-4-13-26-27-21)9-10-18(20)24(30)11-5-12-24/h3-4,6-10,13-14,28H,5,11-12,15H2,1-2H3. The first kappa shape index (κ1) is 23.9. The third-order valence-electron chi connectivity index (χ3n) is 6.47. The molecule has 0 saturated heterocycles. The molecular formula is C24H24FN5O5S. The molecule has 12 heteroatoms. The first-order chi connectivity index (χ1) is 17.2. The lowest BCUT2D eigenvalue weighted by Gasteiger charge is -2.52. The van der Waals surface area contributed by atoms with Gasteiger partial charge in [-0.25, -0.2) is 9.18 Å². The predicted molar refractivity (Wildman–Crippen MR) is 128 cm³/mol. The monoisotopic (exact) mass is 513 g/mol. The van der Waals surface area contributed by atoms with Gasteiger partial charge in [0.15, 0.2) is 5.82 Å². The van der Waals surface area contributed by atoms with Crippen molar-refractivity contribution < 1.29 is 27.1 Å². The number of rotatable bonds is 7. The Morgan fingerprint density at radius 2 is 2.00 bits per heavy atom. The zero-order chi connectivity index (χ0) is 25.5. The molecule has 0 radical (unpaired) electrons. The molecule has 36 heavy (non-hydrogen) atoms. The molecule has 1 aliphatic heterocycles. The first-order valence-electron chi connectivity index (χ1n) is 11.3. The number of carbonyl (C=O) groups is 1. The fraction of sp³-hybridized carbons (Fsp3) is 0.292. The van der Waals surface area contributed by atoms with Gasteiger partial charge < -0.3 is 9.47 Å². The van der Waals surface area contributed by atoms with Crippen molar-refractivity contribution in [3.8, 4) is 17.4 Å². The zero-order valence-electron chi connectivity index (χ0n) is 19.6. The topological polar surface area (TPSA) is 114 Å². The number of nitrogens with one attached hydrogen (secondary N) is 1. The molecular weight excluding hydrogens is 489 g/mol. The van der Waals surface area contributed by atoms with Crippen molar-refractivity contribution in [1.82, 2.24) is 19.4 Å². The summed E-state index contributed by atoms with van der Waals surface area (Å²) in [5.41, 5.74) is 0.134. The van der Waals surface area contributed by atoms with Gasteiger partial charge in [0.2, 0.25) is 5.88 Å². The summed E-state index contributed by atoms with van der Waals surface area (Å²) in [5.74, 6) is 0.380. The van der Waals surface area contributed by atoms with Crippen molar-refractivity contribution in [2.45, 2.75) is 31.3 Å². The molecule has 1 fully saturated rings. The number of nitrogens with zero attached hydrogens (tertiary/aromatic N) is 4. The molecule has 188 valence electrons. The summed E-state index contributed by atoms with van der Waals surface area (Å²) < 4.78 is 54.2. The van der Waals surface area contributed by atoms with Gasteiger partial charge in [-0.15, -0.1) is 5.10 Å². The number of hydrogen-bond donors (Lipinski definition) is 1. The zero-order valence-corrected chi connectivity index (χ0v) is 20.5. The normalized spacial score (nSPS) is 16.3. The van der Waals surface area contributed by atoms with Crippen molar-refractivity contribution in [2.24, 2.45) is 0 Å². The Bertz CT molecular complexity index is 1410. The number of benzene rings is 2. The molecule has 1 amide bonds. The van der Waals surface area contributed by atoms with Crippen LogP contribution in [-0.4, -0.2) is 48.0 Å². The highest BCUT2D eigenvalue weighted by atomic mass is 32.2. The Morgan fingerprint density at radius 3 is 2.67 bits per heavy atom. The van der Waals surface area contributed by atoms with Gasteiger partial charge in [0.25, 0.3) is 0 Å². The molecule has 1 saturated carbocycles. The van der Waals surface area contributed by atoms with Crippen LogP contribution in [0.3, 0.4) is 0 Å². The highest BCUT2D eigenvalue weighted by Gasteiger charge is 2.51. The summed E-state index contributed by atoms with van der Waals surface area (Å²) in [4.78, 5) is 14.7. The number of amides is 1. The van der Waals surface area contributed by atoms with Gasteiger partial charge >= 0.3 is 16.3 Å². The van der Waals surface area contributed by atoms with E-state index in [1.165, 1.54) is 37.3 Å². The molecule has 1 N–H and O–H groups in total. The minimum atomic E-state index is -3.90. The molecule has 2 aliphatic rings. The van der Waals surface area contributed by atoms with E-state index in [1.54, 1.807) is 30.3 Å². The Labute approximate surface area is 207 Å². The van der Waals surface area contributed by atoms with E-state index in [2.05, 4.69) is 14.9 Å². The van der Waals surface area contributed by atoms with Gasteiger partial charge in [-0.2, -0.15) is 17.8 Å². The highest BCUT2D eigenvalue weighted by Crippen LogP contribution is 2.53. The minimum absolute atomic E-state index is 0.0838. The molecule has 0 atom stereocenters. The molecule has 2 aromatic carbocycles. The van der Waals surface area contributed by atoms with Crippen LogP contribution in [0.1, 0.15) is 30.4 Å². The Kier molecular flexibility index (Phi) is 6.00. The molecule has 1 aliphatic carbocycles. The lowest BCUT2D eigenvalue weighted by atomic mass is 9.69. The average Bonchev–Trinajstić information content (AvgIpc) is 2.81. The lowest BCUT2D eigenvalue weighted by molar-refractivity contribution is 0.00114. The Hall–Kier alpha value is -3.77. The molecule has 10 nitrogen and oxygen atoms in total. The van der Waals surface area contributed by atoms with E-state index in [1.807, 2.05) is 6.07 Å². The fourth-order valence-electron chi connectivity index (χ4n) is 4.42. The van der Waals surface area contributed by atoms with Gasteiger partial charge in [0.05, 0.1) is 17.8 Å². The summed E-state index contributed by atoms with van der Waals surface area (Å²) in [7, 11) is -1.21. The van der Waals surface area contributed by atoms with Crippen molar-refractivity contribution in [3.05, 3.63) is 71.7 Å². The SMILES string of the molecule is CN(C)S(=O)(=O)Nc1cccc(CN2C(=O)Oc3cc(Oc4cccnn4)ccc3C23CCC3)c1F. The van der Waals surface area contributed by atoms with Crippen LogP contribution >= 0.6 is 0 Å². The highest BCUT2D eigenvalue weighted by molar-refractivity contribution is 7.90. The maximum atomic E-state index is 15.3. The maximum Gasteiger partial charge on any atom is 0.416 e. The summed E-state index contributed by atoms with van der Waals surface area (Å²) in [6.45, 7) is -0.0838. The number of fused-ring (bicyclic) bond motifs is 2. The Morgan fingerprint density at radius 1 is 1.19 bits per heavy atom. The molecule has 1 spiro atoms. The second kappa shape index (κ2) is 9.03. The van der Waals surface area contributed by atoms with E-state index in [4.69, 9.17) is 9.47 Å². The maximum absolute atomic E-state index is 15.3. The molecule has 3 aromatic rings. The van der Waals surface area contributed by atoms with Crippen LogP contribution < -0.4 is 14.2 Å². The van der Waals surface area contributed by atoms with Crippen molar-refractivity contribution >= 4 is 22.0 Å². The number of halogens is 1. The van der Waals surface area contributed by atoms with Crippen LogP contribution in [0, 0.1) is 5.82 Å². The van der Waals surface area contributed by atoms with E-state index < -0.39 is 27.7 Å². The van der Waals surface area contributed by atoms with Gasteiger partial charge in [-0.3, -0.25) is 9.62 Å². The van der Waals surface area contributed by atoms with Crippen LogP contribution in [0.25, 0.3) is 0 Å². The Balaban J connectivity index is 1.44. The number of anilines is 1. The average molecular weight is 514 g/mol. The number of ether oxygens (including phenoxy) is 2. The van der Waals surface area contributed by atoms with E-state index in [9.17, 15) is 13.2 Å². The molecule has 5 rings (SSSR count). The van der Waals surface area contributed by atoms with Crippen molar-refractivity contribution in [3.63, 3.8) is 0 Å². The lowest BCUT2D eigenvalue weighted by Crippen LogP contribution is -2.57. The summed E-state index contributed by atoms with van der Waals surface area (Å²) in [6.07, 6.45) is 3.19. The predicted octanol–water partition coefficient (Wildman–Crippen LogP) is 4.02. The number of aromatic nitrogens is 2. The largest absolute Gasteiger partial charge is 0.437 e. The third kappa shape index (κ3) is 4.22. The van der Waals surface area contributed by atoms with Gasteiger partial charge in [0.1, 0.15) is 11.5 Å². The van der Waals surface area contributed by atoms with Crippen LogP contribution in [0.2, 0.25) is 0 Å². The van der Waals surface area contributed by atoms with Crippen LogP contribution in [-0.2, 0) is 22.3 Å². The summed E-state index contributed by atoms with van der Waals surface area (Å²) >= 11 is 0. The first-order valence-corrected chi connectivity index (χ1v) is 12.7. The van der Waals surface area contributed by atoms with Gasteiger partial charge in [-0.1, -0.05) is 12.1 Å². The minimum Gasteiger partial charge on any atom is -0.437 e.